The maximum Gasteiger partial charge on any atom is 0.432 e. The Morgan fingerprint density at radius 1 is 0.938 bits per heavy atom. The van der Waals surface area contributed by atoms with Crippen LogP contribution in [0, 0.1) is 0 Å². The van der Waals surface area contributed by atoms with E-state index in [2.05, 4.69) is 11.4 Å². The van der Waals surface area contributed by atoms with Crippen LogP contribution in [0.2, 0.25) is 0 Å². The van der Waals surface area contributed by atoms with Crippen molar-refractivity contribution in [2.24, 2.45) is 0 Å². The lowest BCUT2D eigenvalue weighted by molar-refractivity contribution is 0.264. The predicted molar refractivity (Wildman–Crippen MR) is 47.8 cm³/mol. The van der Waals surface area contributed by atoms with Gasteiger partial charge in [0.15, 0.2) is 0 Å². The fourth-order valence-corrected chi connectivity index (χ4v) is 2.91. The maximum atomic E-state index is 10.7. The molecule has 0 aromatic rings. The standard InChI is InChI=1S/C3H8O10S3/c1-2-3-11-15(7,8)13-16(9,10)12-14(4,5)6/h2-3H2,1H3,(H,4,5,6). The Morgan fingerprint density at radius 2 is 1.44 bits per heavy atom. The highest BCUT2D eigenvalue weighted by Gasteiger charge is 2.29. The van der Waals surface area contributed by atoms with E-state index in [4.69, 9.17) is 4.55 Å². The summed E-state index contributed by atoms with van der Waals surface area (Å²) in [5, 5.41) is 0. The Kier molecular flexibility index (Phi) is 5.24. The molecule has 0 aromatic heterocycles. The minimum absolute atomic E-state index is 0.238. The molecule has 0 rings (SSSR count). The first-order valence-electron chi connectivity index (χ1n) is 3.51. The summed E-state index contributed by atoms with van der Waals surface area (Å²) in [5.41, 5.74) is 0. The fraction of sp³-hybridized carbons (Fsp3) is 1.00. The molecule has 0 aliphatic rings. The molecule has 0 fully saturated rings. The van der Waals surface area contributed by atoms with Gasteiger partial charge in [-0.2, -0.15) is 25.3 Å². The van der Waals surface area contributed by atoms with E-state index in [1.54, 1.807) is 0 Å². The Balaban J connectivity index is 4.73. The van der Waals surface area contributed by atoms with Gasteiger partial charge in [0.2, 0.25) is 0 Å². The Morgan fingerprint density at radius 3 is 1.81 bits per heavy atom. The van der Waals surface area contributed by atoms with E-state index in [0.29, 0.717) is 0 Å². The summed E-state index contributed by atoms with van der Waals surface area (Å²) in [6, 6.07) is 0. The highest BCUT2D eigenvalue weighted by Crippen LogP contribution is 2.07. The number of hydrogen-bond donors (Lipinski definition) is 1. The molecule has 0 spiro atoms. The van der Waals surface area contributed by atoms with Crippen molar-refractivity contribution < 1.29 is 41.2 Å². The van der Waals surface area contributed by atoms with E-state index in [1.807, 2.05) is 0 Å². The lowest BCUT2D eigenvalue weighted by Gasteiger charge is -2.03. The zero-order valence-corrected chi connectivity index (χ0v) is 10.2. The normalized spacial score (nSPS) is 13.9. The van der Waals surface area contributed by atoms with Crippen molar-refractivity contribution in [3.8, 4) is 0 Å². The minimum atomic E-state index is -5.48. The van der Waals surface area contributed by atoms with Gasteiger partial charge < -0.3 is 0 Å². The molecule has 0 aromatic carbocycles. The van der Waals surface area contributed by atoms with Gasteiger partial charge in [-0.15, -0.1) is 0 Å². The summed E-state index contributed by atoms with van der Waals surface area (Å²) in [6.45, 7) is 1.16. The molecule has 0 unspecified atom stereocenters. The molecular formula is C3H8O10S3. The zero-order chi connectivity index (χ0) is 13.0. The quantitative estimate of drug-likeness (QED) is 0.564. The van der Waals surface area contributed by atoms with Crippen molar-refractivity contribution in [2.75, 3.05) is 6.61 Å². The molecule has 0 aliphatic heterocycles. The van der Waals surface area contributed by atoms with E-state index >= 15 is 0 Å². The molecule has 1 N–H and O–H groups in total. The van der Waals surface area contributed by atoms with Gasteiger partial charge in [0.1, 0.15) is 0 Å². The van der Waals surface area contributed by atoms with Gasteiger partial charge in [-0.25, -0.2) is 4.18 Å². The molecule has 13 heteroatoms. The molecule has 0 saturated carbocycles. The highest BCUT2D eigenvalue weighted by atomic mass is 32.3. The van der Waals surface area contributed by atoms with Crippen molar-refractivity contribution >= 4 is 31.2 Å². The average Bonchev–Trinajstić information content (AvgIpc) is 1.93. The third-order valence-corrected chi connectivity index (χ3v) is 3.91. The molecule has 0 amide bonds. The van der Waals surface area contributed by atoms with Crippen molar-refractivity contribution in [2.45, 2.75) is 13.3 Å². The average molecular weight is 300 g/mol. The summed E-state index contributed by atoms with van der Waals surface area (Å²) in [5.74, 6) is 0. The van der Waals surface area contributed by atoms with E-state index < -0.39 is 31.2 Å². The summed E-state index contributed by atoms with van der Waals surface area (Å²) < 4.78 is 80.7. The van der Waals surface area contributed by atoms with Crippen LogP contribution >= 0.6 is 0 Å². The summed E-state index contributed by atoms with van der Waals surface area (Å²) in [4.78, 5) is 0. The molecular weight excluding hydrogens is 292 g/mol. The molecule has 16 heavy (non-hydrogen) atoms. The van der Waals surface area contributed by atoms with Gasteiger partial charge in [0, 0.05) is 0 Å². The van der Waals surface area contributed by atoms with Gasteiger partial charge >= 0.3 is 31.2 Å². The first kappa shape index (κ1) is 15.7. The van der Waals surface area contributed by atoms with Gasteiger partial charge in [-0.3, -0.25) is 4.55 Å². The van der Waals surface area contributed by atoms with Gasteiger partial charge in [-0.05, 0) is 6.42 Å². The first-order valence-corrected chi connectivity index (χ1v) is 7.54. The highest BCUT2D eigenvalue weighted by molar-refractivity contribution is 8.00. The Bertz CT molecular complexity index is 508. The van der Waals surface area contributed by atoms with E-state index in [9.17, 15) is 25.3 Å². The van der Waals surface area contributed by atoms with Crippen LogP contribution in [-0.4, -0.2) is 36.4 Å². The van der Waals surface area contributed by atoms with Crippen LogP contribution in [0.4, 0.5) is 0 Å². The second-order valence-electron chi connectivity index (χ2n) is 2.20. The van der Waals surface area contributed by atoms with E-state index in [0.717, 1.165) is 0 Å². The topological polar surface area (TPSA) is 150 Å². The van der Waals surface area contributed by atoms with Crippen LogP contribution in [0.25, 0.3) is 0 Å². The van der Waals surface area contributed by atoms with Crippen LogP contribution in [0.15, 0.2) is 0 Å². The lowest BCUT2D eigenvalue weighted by Crippen LogP contribution is -2.21. The van der Waals surface area contributed by atoms with E-state index in [1.165, 1.54) is 6.92 Å². The van der Waals surface area contributed by atoms with Crippen LogP contribution < -0.4 is 0 Å². The molecule has 0 bridgehead atoms. The molecule has 98 valence electrons. The smallest absolute Gasteiger partial charge is 0.263 e. The molecule has 0 aliphatic carbocycles. The third-order valence-electron chi connectivity index (χ3n) is 0.768. The largest absolute Gasteiger partial charge is 0.432 e. The number of rotatable bonds is 7. The molecule has 0 radical (unpaired) electrons. The summed E-state index contributed by atoms with van der Waals surface area (Å²) in [7, 11) is -15.8. The fourth-order valence-electron chi connectivity index (χ4n) is 0.424. The summed E-state index contributed by atoms with van der Waals surface area (Å²) >= 11 is 0. The minimum Gasteiger partial charge on any atom is -0.263 e. The van der Waals surface area contributed by atoms with E-state index in [-0.39, 0.29) is 13.0 Å². The Hall–Kier alpha value is -0.310. The molecule has 0 heterocycles. The zero-order valence-electron chi connectivity index (χ0n) is 7.76. The first-order chi connectivity index (χ1) is 6.97. The second kappa shape index (κ2) is 5.35. The summed E-state index contributed by atoms with van der Waals surface area (Å²) in [6.07, 6.45) is 0.238. The number of hydrogen-bond acceptors (Lipinski definition) is 9. The van der Waals surface area contributed by atoms with Gasteiger partial charge in [0.25, 0.3) is 0 Å². The molecule has 0 atom stereocenters. The van der Waals surface area contributed by atoms with Crippen molar-refractivity contribution in [3.05, 3.63) is 0 Å². The van der Waals surface area contributed by atoms with Crippen LogP contribution in [-0.2, 0) is 42.6 Å². The SMILES string of the molecule is CCCOS(=O)(=O)OS(=O)(=O)OS(=O)(=O)O. The molecule has 10 nitrogen and oxygen atoms in total. The maximum absolute atomic E-state index is 10.7. The molecule has 0 saturated heterocycles. The van der Waals surface area contributed by atoms with Crippen LogP contribution in [0.3, 0.4) is 0 Å². The third kappa shape index (κ3) is 7.91. The van der Waals surface area contributed by atoms with Crippen molar-refractivity contribution in [1.82, 2.24) is 0 Å². The Labute approximate surface area is 92.7 Å². The van der Waals surface area contributed by atoms with Crippen LogP contribution in [0.1, 0.15) is 13.3 Å². The van der Waals surface area contributed by atoms with Crippen molar-refractivity contribution in [1.29, 1.82) is 0 Å². The lowest BCUT2D eigenvalue weighted by atomic mass is 10.5. The van der Waals surface area contributed by atoms with Crippen LogP contribution in [0.5, 0.6) is 0 Å². The van der Waals surface area contributed by atoms with Gasteiger partial charge in [-0.1, -0.05) is 14.2 Å². The van der Waals surface area contributed by atoms with Gasteiger partial charge in [0.05, 0.1) is 6.61 Å². The second-order valence-corrected chi connectivity index (χ2v) is 6.02. The monoisotopic (exact) mass is 300 g/mol. The van der Waals surface area contributed by atoms with Crippen molar-refractivity contribution in [3.63, 3.8) is 0 Å². The predicted octanol–water partition coefficient (Wildman–Crippen LogP) is -1.26.